The molecule has 0 aromatic heterocycles. The van der Waals surface area contributed by atoms with E-state index in [1.807, 2.05) is 0 Å². The maximum absolute atomic E-state index is 11.4. The minimum atomic E-state index is -1.36. The van der Waals surface area contributed by atoms with Crippen LogP contribution in [0.3, 0.4) is 0 Å². The van der Waals surface area contributed by atoms with Gasteiger partial charge in [0.25, 0.3) is 0 Å². The van der Waals surface area contributed by atoms with Crippen molar-refractivity contribution in [2.45, 2.75) is 0 Å². The Morgan fingerprint density at radius 2 is 2.15 bits per heavy atom. The zero-order valence-electron chi connectivity index (χ0n) is 6.38. The summed E-state index contributed by atoms with van der Waals surface area (Å²) >= 11 is 0. The highest BCUT2D eigenvalue weighted by molar-refractivity contribution is 5.90. The van der Waals surface area contributed by atoms with Crippen molar-refractivity contribution in [1.82, 2.24) is 0 Å². The molecule has 0 saturated carbocycles. The Balaban J connectivity index is 4.63. The van der Waals surface area contributed by atoms with Crippen LogP contribution in [0.1, 0.15) is 0 Å². The third-order valence-corrected chi connectivity index (χ3v) is 0.971. The van der Waals surface area contributed by atoms with E-state index in [9.17, 15) is 19.3 Å². The molecule has 0 bridgehead atoms. The van der Waals surface area contributed by atoms with Crippen molar-refractivity contribution in [3.8, 4) is 0 Å². The summed E-state index contributed by atoms with van der Waals surface area (Å²) in [6, 6.07) is 0. The fourth-order valence-corrected chi connectivity index (χ4v) is 0.479. The molecule has 0 spiro atoms. The minimum absolute atomic E-state index is 0.128. The lowest BCUT2D eigenvalue weighted by Crippen LogP contribution is -1.97. The summed E-state index contributed by atoms with van der Waals surface area (Å²) in [6.45, 7) is 0. The topological polar surface area (TPSA) is 80.4 Å². The molecular weight excluding hydrogens is 181 g/mol. The lowest BCUT2D eigenvalue weighted by Gasteiger charge is -1.88. The molecule has 0 aromatic carbocycles. The molecule has 5 nitrogen and oxygen atoms in total. The molecule has 0 saturated heterocycles. The number of nitrogens with zero attached hydrogens (tertiary/aromatic N) is 1. The van der Waals surface area contributed by atoms with Gasteiger partial charge in [-0.15, -0.1) is 0 Å². The summed E-state index contributed by atoms with van der Waals surface area (Å²) < 4.78 is 11.4. The normalized spacial score (nSPS) is 12.5. The third kappa shape index (κ3) is 5.31. The maximum Gasteiger partial charge on any atom is 0.335 e. The molecule has 0 aliphatic rings. The van der Waals surface area contributed by atoms with E-state index in [0.717, 1.165) is 18.2 Å². The van der Waals surface area contributed by atoms with Gasteiger partial charge in [0.2, 0.25) is 6.20 Å². The number of nitro groups is 1. The standard InChI is InChI=1S/C7H6FNO4/c8-4-1-2-6(7(10)11)3-5-9(12)13/h1-5H,(H,10,11)/b4-1+,5-3+,6-2+. The average Bonchev–Trinajstić information content (AvgIpc) is 2.03. The zero-order chi connectivity index (χ0) is 10.3. The number of allylic oxidation sites excluding steroid dienone is 2. The van der Waals surface area contributed by atoms with E-state index in [1.54, 1.807) is 0 Å². The van der Waals surface area contributed by atoms with Gasteiger partial charge in [0.05, 0.1) is 16.8 Å². The van der Waals surface area contributed by atoms with E-state index in [0.29, 0.717) is 6.20 Å². The first-order chi connectivity index (χ1) is 6.07. The van der Waals surface area contributed by atoms with Crippen LogP contribution in [0.25, 0.3) is 0 Å². The summed E-state index contributed by atoms with van der Waals surface area (Å²) in [5.74, 6) is -1.36. The van der Waals surface area contributed by atoms with Crippen LogP contribution in [0.15, 0.2) is 36.3 Å². The molecule has 0 atom stereocenters. The number of hydrogen-bond acceptors (Lipinski definition) is 3. The van der Waals surface area contributed by atoms with E-state index < -0.39 is 10.9 Å². The molecule has 0 aliphatic heterocycles. The van der Waals surface area contributed by atoms with Gasteiger partial charge >= 0.3 is 5.97 Å². The number of carbonyl (C=O) groups is 1. The summed E-state index contributed by atoms with van der Waals surface area (Å²) in [7, 11) is 0. The fourth-order valence-electron chi connectivity index (χ4n) is 0.479. The van der Waals surface area contributed by atoms with Crippen LogP contribution in [-0.2, 0) is 4.79 Å². The van der Waals surface area contributed by atoms with Crippen molar-refractivity contribution < 1.29 is 19.2 Å². The highest BCUT2D eigenvalue weighted by Crippen LogP contribution is 1.98. The SMILES string of the molecule is O=C(O)C(/C=C/[N+](=O)[O-])=C/C=C/F. The minimum Gasteiger partial charge on any atom is -0.478 e. The van der Waals surface area contributed by atoms with Gasteiger partial charge < -0.3 is 5.11 Å². The van der Waals surface area contributed by atoms with Crippen LogP contribution in [0.5, 0.6) is 0 Å². The Kier molecular flexibility index (Phi) is 4.78. The largest absolute Gasteiger partial charge is 0.478 e. The van der Waals surface area contributed by atoms with E-state index in [-0.39, 0.29) is 11.9 Å². The maximum atomic E-state index is 11.4. The number of rotatable bonds is 4. The first-order valence-corrected chi connectivity index (χ1v) is 3.10. The Hall–Kier alpha value is -1.98. The first kappa shape index (κ1) is 11.0. The molecule has 0 aromatic rings. The molecule has 6 heteroatoms. The van der Waals surface area contributed by atoms with Crippen LogP contribution in [-0.4, -0.2) is 16.0 Å². The molecule has 0 fully saturated rings. The molecule has 70 valence electrons. The monoisotopic (exact) mass is 187 g/mol. The van der Waals surface area contributed by atoms with Crippen molar-refractivity contribution in [3.05, 3.63) is 46.4 Å². The van der Waals surface area contributed by atoms with Crippen molar-refractivity contribution >= 4 is 5.97 Å². The Morgan fingerprint density at radius 3 is 2.54 bits per heavy atom. The predicted octanol–water partition coefficient (Wildman–Crippen LogP) is 1.27. The van der Waals surface area contributed by atoms with E-state index in [1.165, 1.54) is 0 Å². The number of halogens is 1. The lowest BCUT2D eigenvalue weighted by molar-refractivity contribution is -0.402. The number of aliphatic carboxylic acids is 1. The molecule has 0 aliphatic carbocycles. The summed E-state index contributed by atoms with van der Waals surface area (Å²) in [6.07, 6.45) is 3.09. The quantitative estimate of drug-likeness (QED) is 0.311. The second-order valence-electron chi connectivity index (χ2n) is 1.85. The van der Waals surface area contributed by atoms with Crippen LogP contribution in [0, 0.1) is 10.1 Å². The summed E-state index contributed by atoms with van der Waals surface area (Å²) in [5, 5.41) is 18.2. The van der Waals surface area contributed by atoms with E-state index >= 15 is 0 Å². The van der Waals surface area contributed by atoms with Crippen molar-refractivity contribution in [3.63, 3.8) is 0 Å². The zero-order valence-corrected chi connectivity index (χ0v) is 6.38. The fraction of sp³-hybridized carbons (Fsp3) is 0. The second kappa shape index (κ2) is 5.64. The van der Waals surface area contributed by atoms with Crippen molar-refractivity contribution in [2.24, 2.45) is 0 Å². The molecule has 0 heterocycles. The van der Waals surface area contributed by atoms with E-state index in [2.05, 4.69) is 0 Å². The van der Waals surface area contributed by atoms with Gasteiger partial charge in [-0.05, 0) is 12.2 Å². The van der Waals surface area contributed by atoms with Crippen molar-refractivity contribution in [2.75, 3.05) is 0 Å². The Morgan fingerprint density at radius 1 is 1.54 bits per heavy atom. The number of carboxylic acids is 1. The van der Waals surface area contributed by atoms with Gasteiger partial charge in [-0.1, -0.05) is 0 Å². The molecule has 0 radical (unpaired) electrons. The predicted molar refractivity (Wildman–Crippen MR) is 42.1 cm³/mol. The molecule has 1 N–H and O–H groups in total. The number of hydrogen-bond donors (Lipinski definition) is 1. The van der Waals surface area contributed by atoms with Crippen LogP contribution in [0.4, 0.5) is 4.39 Å². The van der Waals surface area contributed by atoms with Gasteiger partial charge in [0.15, 0.2) is 0 Å². The smallest absolute Gasteiger partial charge is 0.335 e. The van der Waals surface area contributed by atoms with Gasteiger partial charge in [0.1, 0.15) is 0 Å². The second-order valence-corrected chi connectivity index (χ2v) is 1.85. The number of carboxylic acid groups (broad SMARTS) is 1. The Labute approximate surface area is 72.6 Å². The molecule has 0 unspecified atom stereocenters. The van der Waals surface area contributed by atoms with Crippen LogP contribution in [0.2, 0.25) is 0 Å². The van der Waals surface area contributed by atoms with Gasteiger partial charge in [-0.25, -0.2) is 9.18 Å². The first-order valence-electron chi connectivity index (χ1n) is 3.10. The molecular formula is C7H6FNO4. The summed E-state index contributed by atoms with van der Waals surface area (Å²) in [5.41, 5.74) is -0.370. The lowest BCUT2D eigenvalue weighted by atomic mass is 10.2. The highest BCUT2D eigenvalue weighted by atomic mass is 19.1. The average molecular weight is 187 g/mol. The molecule has 0 rings (SSSR count). The molecule has 13 heavy (non-hydrogen) atoms. The van der Waals surface area contributed by atoms with Gasteiger partial charge in [-0.2, -0.15) is 0 Å². The van der Waals surface area contributed by atoms with Crippen molar-refractivity contribution in [1.29, 1.82) is 0 Å². The van der Waals surface area contributed by atoms with E-state index in [4.69, 9.17) is 5.11 Å². The van der Waals surface area contributed by atoms with Crippen LogP contribution >= 0.6 is 0 Å². The van der Waals surface area contributed by atoms with Gasteiger partial charge in [-0.3, -0.25) is 10.1 Å². The van der Waals surface area contributed by atoms with Crippen LogP contribution < -0.4 is 0 Å². The highest BCUT2D eigenvalue weighted by Gasteiger charge is 2.02. The summed E-state index contributed by atoms with van der Waals surface area (Å²) in [4.78, 5) is 19.3. The van der Waals surface area contributed by atoms with Gasteiger partial charge in [0, 0.05) is 6.08 Å². The third-order valence-electron chi connectivity index (χ3n) is 0.971. The molecule has 0 amide bonds. The Bertz CT molecular complexity index is 293.